The van der Waals surface area contributed by atoms with Crippen LogP contribution in [0.15, 0.2) is 53.5 Å². The molecule has 1 atom stereocenters. The number of nitrogens with one attached hydrogen (secondary N) is 2. The van der Waals surface area contributed by atoms with Gasteiger partial charge in [0.2, 0.25) is 0 Å². The summed E-state index contributed by atoms with van der Waals surface area (Å²) in [4.78, 5) is 6.79. The standard InChI is InChI=1S/C22H29ClN4O.HI/c1-24-22(25-12-10-18-8-9-20(28-2)14-21(18)23)26-15-17-11-13-27(16-17)19-6-4-3-5-7-19;/h3-9,14,17H,10-13,15-16H2,1-2H3,(H2,24,25,26);1H. The van der Waals surface area contributed by atoms with Crippen LogP contribution < -0.4 is 20.3 Å². The van der Waals surface area contributed by atoms with Gasteiger partial charge >= 0.3 is 0 Å². The molecule has 158 valence electrons. The van der Waals surface area contributed by atoms with Crippen molar-refractivity contribution in [2.24, 2.45) is 10.9 Å². The first kappa shape index (κ1) is 23.6. The fourth-order valence-electron chi connectivity index (χ4n) is 3.51. The van der Waals surface area contributed by atoms with Gasteiger partial charge in [-0.15, -0.1) is 24.0 Å². The molecule has 2 N–H and O–H groups in total. The molecule has 0 aliphatic carbocycles. The van der Waals surface area contributed by atoms with Crippen molar-refractivity contribution < 1.29 is 4.74 Å². The zero-order valence-corrected chi connectivity index (χ0v) is 20.1. The number of methoxy groups -OCH3 is 1. The number of guanidine groups is 1. The maximum atomic E-state index is 6.31. The topological polar surface area (TPSA) is 48.9 Å². The quantitative estimate of drug-likeness (QED) is 0.321. The number of rotatable bonds is 7. The van der Waals surface area contributed by atoms with Crippen LogP contribution in [0.3, 0.4) is 0 Å². The first-order valence-corrected chi connectivity index (χ1v) is 10.1. The Balaban J connectivity index is 0.00000300. The second kappa shape index (κ2) is 12.1. The van der Waals surface area contributed by atoms with Crippen molar-refractivity contribution in [3.63, 3.8) is 0 Å². The lowest BCUT2D eigenvalue weighted by atomic mass is 10.1. The number of hydrogen-bond acceptors (Lipinski definition) is 3. The Labute approximate surface area is 195 Å². The first-order valence-electron chi connectivity index (χ1n) is 9.76. The van der Waals surface area contributed by atoms with E-state index in [1.165, 1.54) is 12.1 Å². The SMILES string of the molecule is CN=C(NCCc1ccc(OC)cc1Cl)NCC1CCN(c2ccccc2)C1.I. The van der Waals surface area contributed by atoms with E-state index in [0.717, 1.165) is 54.9 Å². The van der Waals surface area contributed by atoms with Gasteiger partial charge in [-0.2, -0.15) is 0 Å². The Kier molecular flexibility index (Phi) is 9.87. The van der Waals surface area contributed by atoms with E-state index in [1.807, 2.05) is 18.2 Å². The summed E-state index contributed by atoms with van der Waals surface area (Å²) in [6, 6.07) is 16.4. The molecule has 1 fully saturated rings. The highest BCUT2D eigenvalue weighted by Gasteiger charge is 2.22. The molecule has 0 aromatic heterocycles. The summed E-state index contributed by atoms with van der Waals surface area (Å²) in [5, 5.41) is 7.57. The number of hydrogen-bond donors (Lipinski definition) is 2. The van der Waals surface area contributed by atoms with Crippen molar-refractivity contribution >= 4 is 47.2 Å². The summed E-state index contributed by atoms with van der Waals surface area (Å²) in [5.74, 6) is 2.23. The third kappa shape index (κ3) is 6.96. The Morgan fingerprint density at radius 2 is 2.00 bits per heavy atom. The Hall–Kier alpha value is -1.67. The molecule has 1 heterocycles. The van der Waals surface area contributed by atoms with Gasteiger partial charge in [0.1, 0.15) is 5.75 Å². The molecule has 0 saturated carbocycles. The van der Waals surface area contributed by atoms with Crippen LogP contribution in [-0.4, -0.2) is 46.3 Å². The van der Waals surface area contributed by atoms with E-state index in [-0.39, 0.29) is 24.0 Å². The third-order valence-electron chi connectivity index (χ3n) is 5.14. The van der Waals surface area contributed by atoms with Crippen molar-refractivity contribution in [3.05, 3.63) is 59.1 Å². The van der Waals surface area contributed by atoms with Crippen molar-refractivity contribution in [2.75, 3.05) is 45.2 Å². The Morgan fingerprint density at radius 3 is 2.69 bits per heavy atom. The van der Waals surface area contributed by atoms with Crippen LogP contribution in [0.5, 0.6) is 5.75 Å². The van der Waals surface area contributed by atoms with E-state index < -0.39 is 0 Å². The van der Waals surface area contributed by atoms with Crippen molar-refractivity contribution in [2.45, 2.75) is 12.8 Å². The molecular formula is C22H30ClIN4O. The highest BCUT2D eigenvalue weighted by molar-refractivity contribution is 14.0. The van der Waals surface area contributed by atoms with Crippen molar-refractivity contribution in [1.82, 2.24) is 10.6 Å². The lowest BCUT2D eigenvalue weighted by Crippen LogP contribution is -2.41. The number of nitrogens with zero attached hydrogens (tertiary/aromatic N) is 2. The fraction of sp³-hybridized carbons (Fsp3) is 0.409. The fourth-order valence-corrected chi connectivity index (χ4v) is 3.77. The first-order chi connectivity index (χ1) is 13.7. The minimum atomic E-state index is 0. The summed E-state index contributed by atoms with van der Waals surface area (Å²) in [7, 11) is 3.45. The van der Waals surface area contributed by atoms with Gasteiger partial charge in [0.15, 0.2) is 5.96 Å². The number of anilines is 1. The monoisotopic (exact) mass is 528 g/mol. The van der Waals surface area contributed by atoms with Gasteiger partial charge in [0.05, 0.1) is 7.11 Å². The average molecular weight is 529 g/mol. The van der Waals surface area contributed by atoms with Gasteiger partial charge in [-0.1, -0.05) is 35.9 Å². The molecule has 0 amide bonds. The van der Waals surface area contributed by atoms with Gasteiger partial charge in [0, 0.05) is 43.9 Å². The maximum absolute atomic E-state index is 6.31. The molecule has 0 spiro atoms. The summed E-state index contributed by atoms with van der Waals surface area (Å²) >= 11 is 6.31. The van der Waals surface area contributed by atoms with Crippen molar-refractivity contribution in [1.29, 1.82) is 0 Å². The lowest BCUT2D eigenvalue weighted by molar-refractivity contribution is 0.414. The van der Waals surface area contributed by atoms with E-state index in [0.29, 0.717) is 5.92 Å². The summed E-state index contributed by atoms with van der Waals surface area (Å²) in [6.45, 7) is 3.88. The molecule has 2 aromatic rings. The van der Waals surface area contributed by atoms with E-state index >= 15 is 0 Å². The zero-order valence-electron chi connectivity index (χ0n) is 17.0. The number of para-hydroxylation sites is 1. The predicted octanol–water partition coefficient (Wildman–Crippen LogP) is 4.20. The second-order valence-corrected chi connectivity index (χ2v) is 7.43. The van der Waals surface area contributed by atoms with Crippen molar-refractivity contribution in [3.8, 4) is 5.75 Å². The minimum Gasteiger partial charge on any atom is -0.497 e. The van der Waals surface area contributed by atoms with Crippen LogP contribution in [0.25, 0.3) is 0 Å². The van der Waals surface area contributed by atoms with Gasteiger partial charge < -0.3 is 20.3 Å². The molecule has 1 aliphatic heterocycles. The highest BCUT2D eigenvalue weighted by Crippen LogP contribution is 2.23. The van der Waals surface area contributed by atoms with Gasteiger partial charge in [-0.3, -0.25) is 4.99 Å². The summed E-state index contributed by atoms with van der Waals surface area (Å²) in [6.07, 6.45) is 2.02. The summed E-state index contributed by atoms with van der Waals surface area (Å²) < 4.78 is 5.19. The molecule has 0 radical (unpaired) electrons. The van der Waals surface area contributed by atoms with Crippen LogP contribution in [0, 0.1) is 5.92 Å². The minimum absolute atomic E-state index is 0. The third-order valence-corrected chi connectivity index (χ3v) is 5.49. The number of benzene rings is 2. The lowest BCUT2D eigenvalue weighted by Gasteiger charge is -2.19. The molecule has 1 unspecified atom stereocenters. The van der Waals surface area contributed by atoms with E-state index in [1.54, 1.807) is 14.2 Å². The molecule has 7 heteroatoms. The van der Waals surface area contributed by atoms with E-state index in [2.05, 4.69) is 50.9 Å². The Bertz CT molecular complexity index is 788. The molecule has 0 bridgehead atoms. The Morgan fingerprint density at radius 1 is 1.21 bits per heavy atom. The van der Waals surface area contributed by atoms with Crippen LogP contribution in [0.4, 0.5) is 5.69 Å². The number of ether oxygens (including phenoxy) is 1. The largest absolute Gasteiger partial charge is 0.497 e. The second-order valence-electron chi connectivity index (χ2n) is 7.02. The van der Waals surface area contributed by atoms with Gasteiger partial charge in [-0.25, -0.2) is 0 Å². The predicted molar refractivity (Wildman–Crippen MR) is 133 cm³/mol. The molecule has 5 nitrogen and oxygen atoms in total. The van der Waals surface area contributed by atoms with Crippen LogP contribution in [0.1, 0.15) is 12.0 Å². The number of halogens is 2. The van der Waals surface area contributed by atoms with E-state index in [4.69, 9.17) is 16.3 Å². The molecule has 3 rings (SSSR count). The smallest absolute Gasteiger partial charge is 0.190 e. The molecule has 1 saturated heterocycles. The highest BCUT2D eigenvalue weighted by atomic mass is 127. The summed E-state index contributed by atoms with van der Waals surface area (Å²) in [5.41, 5.74) is 2.41. The van der Waals surface area contributed by atoms with Gasteiger partial charge in [0.25, 0.3) is 0 Å². The molecule has 29 heavy (non-hydrogen) atoms. The van der Waals surface area contributed by atoms with Crippen LogP contribution in [-0.2, 0) is 6.42 Å². The van der Waals surface area contributed by atoms with Crippen LogP contribution >= 0.6 is 35.6 Å². The number of aliphatic imine (C=N–C) groups is 1. The average Bonchev–Trinajstić information content (AvgIpc) is 3.21. The van der Waals surface area contributed by atoms with Crippen LogP contribution in [0.2, 0.25) is 5.02 Å². The zero-order chi connectivity index (χ0) is 19.8. The molecular weight excluding hydrogens is 499 g/mol. The molecule has 1 aliphatic rings. The van der Waals surface area contributed by atoms with Gasteiger partial charge in [-0.05, 0) is 48.6 Å². The van der Waals surface area contributed by atoms with E-state index in [9.17, 15) is 0 Å². The molecule has 2 aromatic carbocycles. The maximum Gasteiger partial charge on any atom is 0.190 e. The normalized spacial score (nSPS) is 16.3.